The molecule has 1 amide bonds. The van der Waals surface area contributed by atoms with Crippen LogP contribution in [0, 0.1) is 0 Å². The second-order valence-electron chi connectivity index (χ2n) is 13.9. The number of hydrogen-bond acceptors (Lipinski definition) is 9. The first-order valence-corrected chi connectivity index (χ1v) is 22.3. The number of anilines is 1. The summed E-state index contributed by atoms with van der Waals surface area (Å²) < 4.78 is 69.7. The van der Waals surface area contributed by atoms with Crippen LogP contribution in [0.15, 0.2) is 159 Å². The van der Waals surface area contributed by atoms with Gasteiger partial charge in [0.1, 0.15) is 9.79 Å². The predicted octanol–water partition coefficient (Wildman–Crippen LogP) is 8.90. The van der Waals surface area contributed by atoms with Crippen LogP contribution in [-0.4, -0.2) is 72.2 Å². The van der Waals surface area contributed by atoms with Crippen LogP contribution in [0.5, 0.6) is 0 Å². The monoisotopic (exact) mass is 863 g/mol. The van der Waals surface area contributed by atoms with Crippen molar-refractivity contribution in [2.75, 3.05) is 26.0 Å². The van der Waals surface area contributed by atoms with Crippen LogP contribution in [-0.2, 0) is 44.5 Å². The lowest BCUT2D eigenvalue weighted by Gasteiger charge is -2.24. The summed E-state index contributed by atoms with van der Waals surface area (Å²) in [6.45, 7) is 3.19. The molecule has 308 valence electrons. The van der Waals surface area contributed by atoms with Gasteiger partial charge in [-0.25, -0.2) is 9.78 Å². The van der Waals surface area contributed by atoms with E-state index < -0.39 is 36.1 Å². The Morgan fingerprint density at radius 1 is 0.767 bits per heavy atom. The standard InChI is InChI=1S/C19H20N2.C15H13N3O2S.C10H8O6S2/c1-20-12-11-19-17(14-20)16-9-5-6-10-18(16)21(19)13-15-7-3-2-4-8-15;1-20-15(19)18-14-16-12-8-7-11(9-13(12)17-14)21-10-5-3-2-4-6-10;11-17(12,13)9-5-1-3-7-8(9)4-2-6-10(7)18(14,15)16/h2-10H,11-14H2,1H3;2-9H,1H3,(H2,16,17,18,19);1-6H,(H,11,12,13)(H,14,15,16). The SMILES string of the molecule is CN1CCc2c(c3ccccc3n2Cc2ccccc2)C1.COC(=O)Nc1nc2ccc(Sc3ccccc3)cc2[nH]1.O=S(=O)(O)c1cccc2c(S(=O)(=O)O)cccc12. The van der Waals surface area contributed by atoms with Gasteiger partial charge in [0, 0.05) is 63.2 Å². The lowest BCUT2D eigenvalue weighted by atomic mass is 10.1. The van der Waals surface area contributed by atoms with Crippen LogP contribution in [0.4, 0.5) is 10.7 Å². The molecule has 0 aliphatic carbocycles. The fraction of sp³-hybridized carbons (Fsp3) is 0.136. The molecular weight excluding hydrogens is 823 g/mol. The largest absolute Gasteiger partial charge is 0.453 e. The van der Waals surface area contributed by atoms with E-state index in [1.165, 1.54) is 64.0 Å². The second kappa shape index (κ2) is 18.1. The fourth-order valence-corrected chi connectivity index (χ4v) is 9.36. The lowest BCUT2D eigenvalue weighted by molar-refractivity contribution is 0.186. The summed E-state index contributed by atoms with van der Waals surface area (Å²) in [4.78, 5) is 22.4. The van der Waals surface area contributed by atoms with Gasteiger partial charge < -0.3 is 19.2 Å². The molecule has 8 aromatic rings. The van der Waals surface area contributed by atoms with Crippen molar-refractivity contribution in [2.24, 2.45) is 0 Å². The second-order valence-corrected chi connectivity index (χ2v) is 17.8. The molecule has 0 saturated carbocycles. The maximum atomic E-state index is 11.2. The molecule has 0 radical (unpaired) electrons. The number of ether oxygens (including phenoxy) is 1. The molecule has 16 heteroatoms. The number of carbonyl (C=O) groups excluding carboxylic acids is 1. The van der Waals surface area contributed by atoms with E-state index in [9.17, 15) is 21.6 Å². The maximum absolute atomic E-state index is 11.2. The number of nitrogens with one attached hydrogen (secondary N) is 2. The first-order valence-electron chi connectivity index (χ1n) is 18.6. The fourth-order valence-electron chi connectivity index (χ4n) is 7.07. The van der Waals surface area contributed by atoms with Crippen LogP contribution < -0.4 is 5.32 Å². The van der Waals surface area contributed by atoms with E-state index in [1.807, 2.05) is 36.4 Å². The van der Waals surface area contributed by atoms with E-state index in [1.54, 1.807) is 11.8 Å². The number of aromatic amines is 1. The van der Waals surface area contributed by atoms with E-state index in [0.717, 1.165) is 54.1 Å². The number of H-pyrrole nitrogens is 1. The number of methoxy groups -OCH3 is 1. The molecular formula is C44H41N5O8S3. The van der Waals surface area contributed by atoms with Crippen LogP contribution in [0.3, 0.4) is 0 Å². The molecule has 6 aromatic carbocycles. The smallest absolute Gasteiger partial charge is 0.413 e. The minimum Gasteiger partial charge on any atom is -0.453 e. The van der Waals surface area contributed by atoms with Gasteiger partial charge in [0.25, 0.3) is 20.2 Å². The van der Waals surface area contributed by atoms with Crippen molar-refractivity contribution in [3.8, 4) is 0 Å². The molecule has 0 unspecified atom stereocenters. The summed E-state index contributed by atoms with van der Waals surface area (Å²) >= 11 is 1.67. The number of benzene rings is 6. The molecule has 0 saturated heterocycles. The summed E-state index contributed by atoms with van der Waals surface area (Å²) in [6, 6.07) is 43.2. The van der Waals surface area contributed by atoms with Crippen LogP contribution in [0.25, 0.3) is 32.7 Å². The van der Waals surface area contributed by atoms with Gasteiger partial charge in [0.15, 0.2) is 0 Å². The third-order valence-corrected chi connectivity index (χ3v) is 12.6. The molecule has 4 N–H and O–H groups in total. The Hall–Kier alpha value is -6.01. The highest BCUT2D eigenvalue weighted by Crippen LogP contribution is 2.32. The number of rotatable bonds is 7. The highest BCUT2D eigenvalue weighted by Gasteiger charge is 2.22. The van der Waals surface area contributed by atoms with Crippen molar-refractivity contribution >= 4 is 76.7 Å². The van der Waals surface area contributed by atoms with Crippen molar-refractivity contribution in [2.45, 2.75) is 39.1 Å². The third-order valence-electron chi connectivity index (χ3n) is 9.77. The quantitative estimate of drug-likeness (QED) is 0.112. The summed E-state index contributed by atoms with van der Waals surface area (Å²) in [5.41, 5.74) is 7.45. The molecule has 60 heavy (non-hydrogen) atoms. The molecule has 0 atom stereocenters. The van der Waals surface area contributed by atoms with Crippen LogP contribution >= 0.6 is 11.8 Å². The number of fused-ring (bicyclic) bond motifs is 5. The summed E-state index contributed by atoms with van der Waals surface area (Å²) in [5.74, 6) is 0.374. The van der Waals surface area contributed by atoms with E-state index in [-0.39, 0.29) is 10.8 Å². The van der Waals surface area contributed by atoms with Crippen LogP contribution in [0.1, 0.15) is 16.8 Å². The Morgan fingerprint density at radius 3 is 2.00 bits per heavy atom. The number of aromatic nitrogens is 3. The van der Waals surface area contributed by atoms with Gasteiger partial charge in [-0.2, -0.15) is 16.8 Å². The lowest BCUT2D eigenvalue weighted by Crippen LogP contribution is -2.27. The molecule has 1 aliphatic heterocycles. The summed E-state index contributed by atoms with van der Waals surface area (Å²) in [7, 11) is -5.41. The molecule has 3 heterocycles. The van der Waals surface area contributed by atoms with Gasteiger partial charge in [-0.05, 0) is 66.7 Å². The number of para-hydroxylation sites is 1. The van der Waals surface area contributed by atoms with Crippen molar-refractivity contribution in [3.05, 3.63) is 156 Å². The first kappa shape index (κ1) is 42.1. The highest BCUT2D eigenvalue weighted by molar-refractivity contribution is 7.99. The van der Waals surface area contributed by atoms with Crippen LogP contribution in [0.2, 0.25) is 0 Å². The van der Waals surface area contributed by atoms with E-state index in [0.29, 0.717) is 5.95 Å². The third kappa shape index (κ3) is 9.88. The molecule has 1 aliphatic rings. The van der Waals surface area contributed by atoms with E-state index >= 15 is 0 Å². The van der Waals surface area contributed by atoms with E-state index in [2.05, 4.69) is 103 Å². The summed E-state index contributed by atoms with van der Waals surface area (Å²) in [5, 5.41) is 3.99. The normalized spacial score (nSPS) is 12.9. The zero-order valence-electron chi connectivity index (χ0n) is 32.5. The maximum Gasteiger partial charge on any atom is 0.413 e. The number of nitrogens with zero attached hydrogens (tertiary/aromatic N) is 3. The molecule has 9 rings (SSSR count). The van der Waals surface area contributed by atoms with Gasteiger partial charge in [0.2, 0.25) is 5.95 Å². The molecule has 0 spiro atoms. The Bertz CT molecular complexity index is 2960. The zero-order valence-corrected chi connectivity index (χ0v) is 35.0. The van der Waals surface area contributed by atoms with Crippen molar-refractivity contribution in [3.63, 3.8) is 0 Å². The minimum absolute atomic E-state index is 0.0233. The molecule has 2 aromatic heterocycles. The van der Waals surface area contributed by atoms with Gasteiger partial charge in [-0.3, -0.25) is 14.4 Å². The number of likely N-dealkylation sites (N-methyl/N-ethyl adjacent to an activating group) is 1. The molecule has 0 fully saturated rings. The Morgan fingerprint density at radius 2 is 1.37 bits per heavy atom. The van der Waals surface area contributed by atoms with Gasteiger partial charge in [-0.15, -0.1) is 0 Å². The summed E-state index contributed by atoms with van der Waals surface area (Å²) in [6.07, 6.45) is 0.598. The van der Waals surface area contributed by atoms with E-state index in [4.69, 9.17) is 9.11 Å². The highest BCUT2D eigenvalue weighted by atomic mass is 32.2. The molecule has 13 nitrogen and oxygen atoms in total. The number of amides is 1. The van der Waals surface area contributed by atoms with Gasteiger partial charge in [-0.1, -0.05) is 103 Å². The number of hydrogen-bond donors (Lipinski definition) is 4. The van der Waals surface area contributed by atoms with Crippen molar-refractivity contribution in [1.29, 1.82) is 0 Å². The van der Waals surface area contributed by atoms with Gasteiger partial charge >= 0.3 is 6.09 Å². The average Bonchev–Trinajstić information content (AvgIpc) is 3.78. The Labute approximate surface area is 351 Å². The average molecular weight is 864 g/mol. The predicted molar refractivity (Wildman–Crippen MR) is 234 cm³/mol. The minimum atomic E-state index is -4.47. The van der Waals surface area contributed by atoms with Crippen molar-refractivity contribution in [1.82, 2.24) is 19.4 Å². The number of imidazole rings is 1. The number of carbonyl (C=O) groups is 1. The Kier molecular flexibility index (Phi) is 12.7. The molecule has 0 bridgehead atoms. The van der Waals surface area contributed by atoms with Gasteiger partial charge in [0.05, 0.1) is 18.1 Å². The Balaban J connectivity index is 0.000000137. The first-order chi connectivity index (χ1) is 28.8. The zero-order chi connectivity index (χ0) is 42.4. The topological polar surface area (TPSA) is 184 Å². The van der Waals surface area contributed by atoms with Crippen molar-refractivity contribution < 1.29 is 35.5 Å².